The summed E-state index contributed by atoms with van der Waals surface area (Å²) in [5, 5.41) is 18.0. The first-order chi connectivity index (χ1) is 13.8. The molecular weight excluding hydrogens is 362 g/mol. The molecule has 0 unspecified atom stereocenters. The summed E-state index contributed by atoms with van der Waals surface area (Å²) in [5.74, 6) is -0.0839. The summed E-state index contributed by atoms with van der Waals surface area (Å²) < 4.78 is 0. The SMILES string of the molecule is CC(C)=CCCC(C)=CCCC(C)=CCCC(C)=CC(=O)N(CCO)CCCO. The van der Waals surface area contributed by atoms with E-state index in [0.717, 1.165) is 44.1 Å². The monoisotopic (exact) mass is 405 g/mol. The van der Waals surface area contributed by atoms with E-state index in [9.17, 15) is 4.79 Å². The highest BCUT2D eigenvalue weighted by Gasteiger charge is 2.10. The van der Waals surface area contributed by atoms with Crippen LogP contribution in [0.2, 0.25) is 0 Å². The lowest BCUT2D eigenvalue weighted by Gasteiger charge is -2.20. The van der Waals surface area contributed by atoms with Crippen LogP contribution in [0.25, 0.3) is 0 Å². The second kappa shape index (κ2) is 17.2. The van der Waals surface area contributed by atoms with Crippen LogP contribution in [0.3, 0.4) is 0 Å². The fraction of sp³-hybridized carbons (Fsp3) is 0.640. The molecule has 166 valence electrons. The molecule has 0 atom stereocenters. The summed E-state index contributed by atoms with van der Waals surface area (Å²) in [4.78, 5) is 13.9. The molecule has 4 heteroatoms. The number of aliphatic hydroxyl groups is 2. The molecule has 0 fully saturated rings. The minimum atomic E-state index is -0.0839. The van der Waals surface area contributed by atoms with Gasteiger partial charge in [0, 0.05) is 25.8 Å². The molecule has 0 radical (unpaired) electrons. The quantitative estimate of drug-likeness (QED) is 0.286. The minimum absolute atomic E-state index is 0.0478. The van der Waals surface area contributed by atoms with Gasteiger partial charge in [-0.1, -0.05) is 40.5 Å². The Morgan fingerprint density at radius 3 is 1.72 bits per heavy atom. The van der Waals surface area contributed by atoms with Crippen LogP contribution < -0.4 is 0 Å². The van der Waals surface area contributed by atoms with Crippen molar-refractivity contribution in [2.45, 2.75) is 79.6 Å². The van der Waals surface area contributed by atoms with E-state index >= 15 is 0 Å². The van der Waals surface area contributed by atoms with Crippen molar-refractivity contribution in [2.75, 3.05) is 26.3 Å². The first-order valence-electron chi connectivity index (χ1n) is 10.9. The maximum atomic E-state index is 12.3. The number of aliphatic hydroxyl groups excluding tert-OH is 2. The Hall–Kier alpha value is -1.65. The van der Waals surface area contributed by atoms with Crippen molar-refractivity contribution >= 4 is 5.91 Å². The standard InChI is InChI=1S/C25H43NO3/c1-21(2)10-6-11-22(3)12-7-13-23(4)14-8-15-24(5)20-25(29)26(17-19-28)16-9-18-27/h10,12,14,20,27-28H,6-9,11,13,15-19H2,1-5H3. The molecule has 1 amide bonds. The molecule has 0 heterocycles. The average Bonchev–Trinajstić information content (AvgIpc) is 2.64. The Morgan fingerprint density at radius 1 is 0.724 bits per heavy atom. The van der Waals surface area contributed by atoms with Gasteiger partial charge in [0.05, 0.1) is 6.61 Å². The second-order valence-electron chi connectivity index (χ2n) is 8.12. The van der Waals surface area contributed by atoms with Crippen molar-refractivity contribution < 1.29 is 15.0 Å². The number of carbonyl (C=O) groups excluding carboxylic acids is 1. The third kappa shape index (κ3) is 15.9. The molecule has 2 N–H and O–H groups in total. The van der Waals surface area contributed by atoms with E-state index in [1.807, 2.05) is 6.92 Å². The van der Waals surface area contributed by atoms with Gasteiger partial charge in [-0.15, -0.1) is 0 Å². The number of amides is 1. The average molecular weight is 406 g/mol. The van der Waals surface area contributed by atoms with Crippen molar-refractivity contribution in [1.29, 1.82) is 0 Å². The zero-order valence-corrected chi connectivity index (χ0v) is 19.3. The minimum Gasteiger partial charge on any atom is -0.396 e. The van der Waals surface area contributed by atoms with Gasteiger partial charge in [0.1, 0.15) is 0 Å². The molecule has 0 saturated carbocycles. The van der Waals surface area contributed by atoms with Gasteiger partial charge in [-0.25, -0.2) is 0 Å². The molecule has 0 rings (SSSR count). The maximum absolute atomic E-state index is 12.3. The van der Waals surface area contributed by atoms with Crippen LogP contribution in [0, 0.1) is 0 Å². The highest BCUT2D eigenvalue weighted by atomic mass is 16.3. The van der Waals surface area contributed by atoms with E-state index in [4.69, 9.17) is 10.2 Å². The highest BCUT2D eigenvalue weighted by Crippen LogP contribution is 2.13. The number of hydrogen-bond donors (Lipinski definition) is 2. The molecule has 0 aromatic heterocycles. The van der Waals surface area contributed by atoms with Crippen LogP contribution in [0.1, 0.15) is 79.6 Å². The van der Waals surface area contributed by atoms with Gasteiger partial charge in [-0.05, 0) is 79.6 Å². The number of nitrogens with zero attached hydrogens (tertiary/aromatic N) is 1. The van der Waals surface area contributed by atoms with Gasteiger partial charge >= 0.3 is 0 Å². The fourth-order valence-electron chi connectivity index (χ4n) is 2.97. The van der Waals surface area contributed by atoms with Crippen LogP contribution in [0.5, 0.6) is 0 Å². The summed E-state index contributed by atoms with van der Waals surface area (Å²) in [6.45, 7) is 11.4. The molecule has 0 aliphatic rings. The molecule has 0 aromatic rings. The van der Waals surface area contributed by atoms with Gasteiger partial charge in [-0.3, -0.25) is 4.79 Å². The van der Waals surface area contributed by atoms with E-state index in [0.29, 0.717) is 19.5 Å². The number of hydrogen-bond acceptors (Lipinski definition) is 3. The Balaban J connectivity index is 4.34. The second-order valence-corrected chi connectivity index (χ2v) is 8.12. The highest BCUT2D eigenvalue weighted by molar-refractivity contribution is 5.88. The van der Waals surface area contributed by atoms with E-state index in [-0.39, 0.29) is 19.1 Å². The lowest BCUT2D eigenvalue weighted by Crippen LogP contribution is -2.33. The predicted octanol–water partition coefficient (Wildman–Crippen LogP) is 5.34. The number of rotatable bonds is 15. The summed E-state index contributed by atoms with van der Waals surface area (Å²) >= 11 is 0. The lowest BCUT2D eigenvalue weighted by molar-refractivity contribution is -0.126. The van der Waals surface area contributed by atoms with Gasteiger partial charge in [0.15, 0.2) is 0 Å². The molecule has 0 aliphatic carbocycles. The van der Waals surface area contributed by atoms with Gasteiger partial charge < -0.3 is 15.1 Å². The first-order valence-corrected chi connectivity index (χ1v) is 10.9. The smallest absolute Gasteiger partial charge is 0.246 e. The maximum Gasteiger partial charge on any atom is 0.246 e. The van der Waals surface area contributed by atoms with E-state index in [1.54, 1.807) is 11.0 Å². The van der Waals surface area contributed by atoms with Crippen molar-refractivity contribution in [3.05, 3.63) is 46.6 Å². The Kier molecular flexibility index (Phi) is 16.2. The number of carbonyl (C=O) groups is 1. The Morgan fingerprint density at radius 2 is 1.24 bits per heavy atom. The van der Waals surface area contributed by atoms with Crippen molar-refractivity contribution in [2.24, 2.45) is 0 Å². The van der Waals surface area contributed by atoms with Crippen molar-refractivity contribution in [1.82, 2.24) is 4.90 Å². The third-order valence-electron chi connectivity index (χ3n) is 4.79. The summed E-state index contributed by atoms with van der Waals surface area (Å²) in [7, 11) is 0. The van der Waals surface area contributed by atoms with Crippen LogP contribution in [-0.2, 0) is 4.79 Å². The predicted molar refractivity (Wildman–Crippen MR) is 124 cm³/mol. The molecular formula is C25H43NO3. The molecule has 0 aliphatic heterocycles. The van der Waals surface area contributed by atoms with Crippen LogP contribution >= 0.6 is 0 Å². The summed E-state index contributed by atoms with van der Waals surface area (Å²) in [6.07, 6.45) is 15.3. The van der Waals surface area contributed by atoms with E-state index in [1.165, 1.54) is 16.7 Å². The van der Waals surface area contributed by atoms with Crippen molar-refractivity contribution in [3.63, 3.8) is 0 Å². The normalized spacial score (nSPS) is 12.9. The van der Waals surface area contributed by atoms with E-state index in [2.05, 4.69) is 45.9 Å². The van der Waals surface area contributed by atoms with Gasteiger partial charge in [-0.2, -0.15) is 0 Å². The molecule has 0 saturated heterocycles. The molecule has 0 bridgehead atoms. The van der Waals surface area contributed by atoms with Gasteiger partial charge in [0.2, 0.25) is 5.91 Å². The lowest BCUT2D eigenvalue weighted by atomic mass is 10.0. The van der Waals surface area contributed by atoms with Gasteiger partial charge in [0.25, 0.3) is 0 Å². The summed E-state index contributed by atoms with van der Waals surface area (Å²) in [5.41, 5.74) is 5.28. The fourth-order valence-corrected chi connectivity index (χ4v) is 2.97. The largest absolute Gasteiger partial charge is 0.396 e. The Labute approximate surface area is 178 Å². The van der Waals surface area contributed by atoms with Crippen LogP contribution in [0.15, 0.2) is 46.6 Å². The Bertz CT molecular complexity index is 581. The number of allylic oxidation sites excluding steroid dienone is 7. The summed E-state index contributed by atoms with van der Waals surface area (Å²) in [6, 6.07) is 0. The third-order valence-corrected chi connectivity index (χ3v) is 4.79. The molecule has 29 heavy (non-hydrogen) atoms. The van der Waals surface area contributed by atoms with E-state index < -0.39 is 0 Å². The van der Waals surface area contributed by atoms with Crippen molar-refractivity contribution in [3.8, 4) is 0 Å². The molecule has 4 nitrogen and oxygen atoms in total. The van der Waals surface area contributed by atoms with Crippen LogP contribution in [0.4, 0.5) is 0 Å². The zero-order chi connectivity index (χ0) is 22.1. The zero-order valence-electron chi connectivity index (χ0n) is 19.3. The first kappa shape index (κ1) is 27.4. The topological polar surface area (TPSA) is 60.8 Å². The van der Waals surface area contributed by atoms with Crippen LogP contribution in [-0.4, -0.2) is 47.3 Å². The molecule has 0 aromatic carbocycles. The molecule has 0 spiro atoms.